The molecule has 0 aromatic carbocycles. The summed E-state index contributed by atoms with van der Waals surface area (Å²) in [7, 11) is 0. The minimum atomic E-state index is -1.12. The Kier molecular flexibility index (Phi) is 3.32. The summed E-state index contributed by atoms with van der Waals surface area (Å²) in [4.78, 5) is 10.2. The molecule has 0 bridgehead atoms. The molecule has 6 nitrogen and oxygen atoms in total. The number of carboxylic acids is 1. The van der Waals surface area contributed by atoms with Crippen LogP contribution in [0.4, 0.5) is 0 Å². The molecule has 0 aromatic heterocycles. The Labute approximate surface area is 64.1 Å². The van der Waals surface area contributed by atoms with E-state index in [4.69, 9.17) is 22.0 Å². The predicted octanol–water partition coefficient (Wildman–Crippen LogP) is -1.73. The van der Waals surface area contributed by atoms with E-state index in [9.17, 15) is 4.79 Å². The van der Waals surface area contributed by atoms with Crippen LogP contribution in [0, 0.1) is 5.41 Å². The molecule has 0 aliphatic carbocycles. The van der Waals surface area contributed by atoms with Gasteiger partial charge in [0.2, 0.25) is 0 Å². The van der Waals surface area contributed by atoms with Gasteiger partial charge in [0.15, 0.2) is 5.96 Å². The third kappa shape index (κ3) is 3.41. The number of carbonyl (C=O) groups is 1. The zero-order valence-corrected chi connectivity index (χ0v) is 6.16. The fourth-order valence-corrected chi connectivity index (χ4v) is 0.549. The van der Waals surface area contributed by atoms with Crippen molar-refractivity contribution in [3.63, 3.8) is 0 Å². The fraction of sp³-hybridized carbons (Fsp3) is 0.600. The molecule has 0 unspecified atom stereocenters. The number of hydrogen-bond donors (Lipinski definition) is 5. The quantitative estimate of drug-likeness (QED) is 0.248. The van der Waals surface area contributed by atoms with Crippen molar-refractivity contribution in [1.82, 2.24) is 5.32 Å². The maximum Gasteiger partial charge on any atom is 0.322 e. The highest BCUT2D eigenvalue weighted by atomic mass is 16.4. The highest BCUT2D eigenvalue weighted by molar-refractivity contribution is 5.78. The van der Waals surface area contributed by atoms with Gasteiger partial charge in [-0.3, -0.25) is 10.2 Å². The summed E-state index contributed by atoms with van der Waals surface area (Å²) in [6.45, 7) is 1.54. The lowest BCUT2D eigenvalue weighted by molar-refractivity contribution is -0.139. The molecular formula is C5H12N4O2. The van der Waals surface area contributed by atoms with Crippen molar-refractivity contribution in [3.8, 4) is 0 Å². The second-order valence-corrected chi connectivity index (χ2v) is 2.21. The lowest BCUT2D eigenvalue weighted by Crippen LogP contribution is -2.51. The summed E-state index contributed by atoms with van der Waals surface area (Å²) in [6, 6.07) is -1.58. The van der Waals surface area contributed by atoms with Gasteiger partial charge in [0.05, 0.1) is 6.04 Å². The number of guanidine groups is 1. The van der Waals surface area contributed by atoms with E-state index >= 15 is 0 Å². The van der Waals surface area contributed by atoms with E-state index in [1.54, 1.807) is 6.92 Å². The number of carboxylic acid groups (broad SMARTS) is 1. The van der Waals surface area contributed by atoms with Crippen molar-refractivity contribution < 1.29 is 9.90 Å². The number of nitrogens with one attached hydrogen (secondary N) is 2. The zero-order valence-electron chi connectivity index (χ0n) is 6.16. The van der Waals surface area contributed by atoms with Crippen molar-refractivity contribution in [3.05, 3.63) is 0 Å². The van der Waals surface area contributed by atoms with Gasteiger partial charge in [-0.15, -0.1) is 0 Å². The van der Waals surface area contributed by atoms with Gasteiger partial charge in [0, 0.05) is 0 Å². The van der Waals surface area contributed by atoms with Crippen molar-refractivity contribution in [1.29, 1.82) is 5.41 Å². The van der Waals surface area contributed by atoms with Crippen LogP contribution >= 0.6 is 0 Å². The monoisotopic (exact) mass is 160 g/mol. The highest BCUT2D eigenvalue weighted by Gasteiger charge is 2.19. The SMILES string of the molecule is C[C@@H](NC(=N)N)[C@@H](N)C(=O)O. The van der Waals surface area contributed by atoms with Crippen LogP contribution in [0.3, 0.4) is 0 Å². The summed E-state index contributed by atoms with van der Waals surface area (Å²) in [5.74, 6) is -1.40. The van der Waals surface area contributed by atoms with Crippen LogP contribution in [0.25, 0.3) is 0 Å². The van der Waals surface area contributed by atoms with E-state index in [0.29, 0.717) is 0 Å². The summed E-state index contributed by atoms with van der Waals surface area (Å²) in [5, 5.41) is 17.5. The normalized spacial score (nSPS) is 15.1. The third-order valence-electron chi connectivity index (χ3n) is 1.21. The van der Waals surface area contributed by atoms with Crippen LogP contribution in [0.2, 0.25) is 0 Å². The largest absolute Gasteiger partial charge is 0.480 e. The van der Waals surface area contributed by atoms with Gasteiger partial charge < -0.3 is 21.9 Å². The lowest BCUT2D eigenvalue weighted by atomic mass is 10.1. The molecule has 0 aliphatic rings. The van der Waals surface area contributed by atoms with E-state index in [2.05, 4.69) is 5.32 Å². The molecule has 2 atom stereocenters. The summed E-state index contributed by atoms with van der Waals surface area (Å²) < 4.78 is 0. The number of rotatable bonds is 3. The molecule has 0 aliphatic heterocycles. The maximum absolute atomic E-state index is 10.2. The van der Waals surface area contributed by atoms with Gasteiger partial charge in [-0.1, -0.05) is 0 Å². The van der Waals surface area contributed by atoms with Gasteiger partial charge >= 0.3 is 5.97 Å². The highest BCUT2D eigenvalue weighted by Crippen LogP contribution is 1.87. The average molecular weight is 160 g/mol. The summed E-state index contributed by atoms with van der Waals surface area (Å²) >= 11 is 0. The van der Waals surface area contributed by atoms with Crippen LogP contribution < -0.4 is 16.8 Å². The van der Waals surface area contributed by atoms with Gasteiger partial charge in [-0.05, 0) is 6.92 Å². The molecule has 0 radical (unpaired) electrons. The maximum atomic E-state index is 10.2. The van der Waals surface area contributed by atoms with Gasteiger partial charge in [0.25, 0.3) is 0 Å². The summed E-state index contributed by atoms with van der Waals surface area (Å²) in [6.07, 6.45) is 0. The van der Waals surface area contributed by atoms with Crippen molar-refractivity contribution in [2.24, 2.45) is 11.5 Å². The van der Waals surface area contributed by atoms with E-state index in [1.807, 2.05) is 0 Å². The molecule has 0 saturated carbocycles. The molecule has 0 saturated heterocycles. The van der Waals surface area contributed by atoms with Crippen LogP contribution in [0.1, 0.15) is 6.92 Å². The van der Waals surface area contributed by atoms with E-state index in [0.717, 1.165) is 0 Å². The van der Waals surface area contributed by atoms with Crippen molar-refractivity contribution >= 4 is 11.9 Å². The molecule has 0 fully saturated rings. The Morgan fingerprint density at radius 1 is 1.73 bits per heavy atom. The molecule has 0 heterocycles. The Morgan fingerprint density at radius 3 is 2.45 bits per heavy atom. The number of hydrogen-bond acceptors (Lipinski definition) is 3. The molecule has 0 amide bonds. The van der Waals surface area contributed by atoms with Gasteiger partial charge in [-0.2, -0.15) is 0 Å². The first-order valence-corrected chi connectivity index (χ1v) is 3.04. The van der Waals surface area contributed by atoms with Crippen molar-refractivity contribution in [2.75, 3.05) is 0 Å². The second kappa shape index (κ2) is 3.77. The average Bonchev–Trinajstić information content (AvgIpc) is 1.84. The molecule has 11 heavy (non-hydrogen) atoms. The Morgan fingerprint density at radius 2 is 2.18 bits per heavy atom. The van der Waals surface area contributed by atoms with E-state index in [1.165, 1.54) is 0 Å². The van der Waals surface area contributed by atoms with Crippen LogP contribution in [0.15, 0.2) is 0 Å². The minimum absolute atomic E-state index is 0.283. The molecule has 0 aromatic rings. The topological polar surface area (TPSA) is 125 Å². The number of nitrogens with two attached hydrogens (primary N) is 2. The standard InChI is InChI=1S/C5H12N4O2/c1-2(9-5(7)8)3(6)4(10)11/h2-3H,6H2,1H3,(H,10,11)(H4,7,8,9)/t2-,3-/m1/s1. The molecule has 0 rings (SSSR count). The Balaban J connectivity index is 3.92. The van der Waals surface area contributed by atoms with Crippen LogP contribution in [-0.2, 0) is 4.79 Å². The van der Waals surface area contributed by atoms with Gasteiger partial charge in [-0.25, -0.2) is 0 Å². The van der Waals surface area contributed by atoms with Crippen molar-refractivity contribution in [2.45, 2.75) is 19.0 Å². The number of aliphatic carboxylic acids is 1. The predicted molar refractivity (Wildman–Crippen MR) is 40.1 cm³/mol. The van der Waals surface area contributed by atoms with Gasteiger partial charge in [0.1, 0.15) is 6.04 Å². The van der Waals surface area contributed by atoms with Crippen LogP contribution in [0.5, 0.6) is 0 Å². The minimum Gasteiger partial charge on any atom is -0.480 e. The zero-order chi connectivity index (χ0) is 9.02. The Bertz CT molecular complexity index is 170. The summed E-state index contributed by atoms with van der Waals surface area (Å²) in [5.41, 5.74) is 10.1. The fourth-order valence-electron chi connectivity index (χ4n) is 0.549. The first-order valence-electron chi connectivity index (χ1n) is 3.04. The molecule has 7 N–H and O–H groups in total. The molecular weight excluding hydrogens is 148 g/mol. The Hall–Kier alpha value is -1.30. The smallest absolute Gasteiger partial charge is 0.322 e. The first kappa shape index (κ1) is 9.70. The first-order chi connectivity index (χ1) is 4.95. The van der Waals surface area contributed by atoms with Crippen LogP contribution in [-0.4, -0.2) is 29.1 Å². The van der Waals surface area contributed by atoms with E-state index in [-0.39, 0.29) is 5.96 Å². The molecule has 6 heteroatoms. The second-order valence-electron chi connectivity index (χ2n) is 2.21. The van der Waals surface area contributed by atoms with E-state index < -0.39 is 18.1 Å². The molecule has 0 spiro atoms. The third-order valence-corrected chi connectivity index (χ3v) is 1.21. The lowest BCUT2D eigenvalue weighted by Gasteiger charge is -2.16. The molecule has 64 valence electrons.